The lowest BCUT2D eigenvalue weighted by Gasteiger charge is -2.71. The van der Waals surface area contributed by atoms with Crippen LogP contribution in [0.4, 0.5) is 0 Å². The van der Waals surface area contributed by atoms with Gasteiger partial charge >= 0.3 is 0 Å². The van der Waals surface area contributed by atoms with Crippen LogP contribution in [0.25, 0.3) is 0 Å². The van der Waals surface area contributed by atoms with Crippen molar-refractivity contribution in [1.29, 1.82) is 0 Å². The van der Waals surface area contributed by atoms with E-state index in [0.717, 1.165) is 183 Å². The van der Waals surface area contributed by atoms with Crippen LogP contribution in [-0.2, 0) is 0 Å². The van der Waals surface area contributed by atoms with Crippen molar-refractivity contribution in [3.8, 4) is 0 Å². The van der Waals surface area contributed by atoms with Crippen LogP contribution in [0.1, 0.15) is 392 Å². The SMILES string of the molecule is CCC(C1CCC1C(C)CC(C)C(C)(C)C(C)(C)C(C)(C)C(C)(C)C(C)C)C1CC2CCC3C4CCC(C5CC6CCC7C8CCC(C9CC%10CCC%11C%12CCC(C%13CCCC%14(C)CC%15C%16CCC(C%17CCC%18CC%19C%20CCC(C%21CCC%22CC%23C%24CCC(C%25CCC%26CC%27C%28CCC(C%29CCC%30CC%31C%32CCCC%32C%31C%30%29)C%28C%27C%26%25)C%24C%23C%22%21)C%20C%19C%18%17)C%16C%15C%13%14)C%12C%11C%109)C8C7C65)C4C3C21. The van der Waals surface area contributed by atoms with E-state index >= 15 is 0 Å². The summed E-state index contributed by atoms with van der Waals surface area (Å²) in [5.41, 5.74) is 1.70. The normalized spacial score (nSPS) is 64.7. The molecule has 0 spiro atoms. The number of rotatable bonds is 18. The summed E-state index contributed by atoms with van der Waals surface area (Å²) in [6.45, 7) is 37.5. The molecule has 33 saturated carbocycles. The fourth-order valence-electron chi connectivity index (χ4n) is 60.8. The zero-order valence-corrected chi connectivity index (χ0v) is 88.3. The largest absolute Gasteiger partial charge is 0.0651 e. The molecule has 33 aliphatic rings. The van der Waals surface area contributed by atoms with Crippen LogP contribution in [0.5, 0.6) is 0 Å². The van der Waals surface area contributed by atoms with E-state index in [2.05, 4.69) is 96.9 Å². The minimum absolute atomic E-state index is 0.228. The summed E-state index contributed by atoms with van der Waals surface area (Å²) in [6.07, 6.45) is 76.8. The Morgan fingerprint density at radius 2 is 0.489 bits per heavy atom. The van der Waals surface area contributed by atoms with Gasteiger partial charge in [-0.3, -0.25) is 0 Å². The van der Waals surface area contributed by atoms with Crippen LogP contribution < -0.4 is 0 Å². The Bertz CT molecular complexity index is 4530. The van der Waals surface area contributed by atoms with Crippen molar-refractivity contribution in [2.45, 2.75) is 392 Å². The van der Waals surface area contributed by atoms with Gasteiger partial charge in [-0.05, 0) is 706 Å². The van der Waals surface area contributed by atoms with Crippen molar-refractivity contribution in [1.82, 2.24) is 0 Å². The highest BCUT2D eigenvalue weighted by Crippen LogP contribution is 2.87. The third-order valence-corrected chi connectivity index (χ3v) is 66.2. The Hall–Kier alpha value is 0. The lowest BCUT2D eigenvalue weighted by molar-refractivity contribution is -0.232. The Morgan fingerprint density at radius 3 is 0.872 bits per heavy atom. The lowest BCUT2D eigenvalue weighted by atomic mass is 9.34. The molecule has 0 aliphatic heterocycles. The molecule has 0 aromatic rings. The molecule has 0 heterocycles. The molecule has 0 aromatic carbocycles. The second-order valence-corrected chi connectivity index (χ2v) is 66.1. The number of hydrogen-bond donors (Lipinski definition) is 0. The van der Waals surface area contributed by atoms with Crippen molar-refractivity contribution in [2.24, 2.45) is 429 Å². The summed E-state index contributed by atoms with van der Waals surface area (Å²) >= 11 is 0. The monoisotopic (exact) mass is 1800 g/mol. The van der Waals surface area contributed by atoms with Gasteiger partial charge in [0.1, 0.15) is 0 Å². The van der Waals surface area contributed by atoms with Gasteiger partial charge in [-0.1, -0.05) is 116 Å². The fraction of sp³-hybridized carbons (Fsp3) is 1.00. The van der Waals surface area contributed by atoms with Gasteiger partial charge in [0.25, 0.3) is 0 Å². The van der Waals surface area contributed by atoms with Crippen molar-refractivity contribution in [3.63, 3.8) is 0 Å². The molecule has 68 atom stereocenters. The number of fused-ring (bicyclic) bond motifs is 48. The summed E-state index contributed by atoms with van der Waals surface area (Å²) in [5.74, 6) is 77.9. The maximum absolute atomic E-state index is 3.05. The third kappa shape index (κ3) is 10.4. The van der Waals surface area contributed by atoms with E-state index in [4.69, 9.17) is 0 Å². The maximum Gasteiger partial charge on any atom is -0.0244 e. The first kappa shape index (κ1) is 85.1. The molecule has 0 saturated heterocycles. The third-order valence-electron chi connectivity index (χ3n) is 66.2. The Kier molecular flexibility index (Phi) is 18.5. The highest BCUT2D eigenvalue weighted by molar-refractivity contribution is 5.29. The van der Waals surface area contributed by atoms with Crippen LogP contribution in [-0.4, -0.2) is 0 Å². The van der Waals surface area contributed by atoms with Crippen molar-refractivity contribution in [3.05, 3.63) is 0 Å². The van der Waals surface area contributed by atoms with Gasteiger partial charge in [-0.25, -0.2) is 0 Å². The van der Waals surface area contributed by atoms with Crippen LogP contribution in [0.2, 0.25) is 0 Å². The second-order valence-electron chi connectivity index (χ2n) is 66.1. The van der Waals surface area contributed by atoms with Crippen molar-refractivity contribution in [2.75, 3.05) is 0 Å². The Labute approximate surface area is 816 Å². The fourth-order valence-corrected chi connectivity index (χ4v) is 60.8. The molecule has 133 heavy (non-hydrogen) atoms. The van der Waals surface area contributed by atoms with E-state index in [0.29, 0.717) is 11.3 Å². The lowest BCUT2D eigenvalue weighted by Crippen LogP contribution is -2.66. The van der Waals surface area contributed by atoms with Crippen LogP contribution >= 0.6 is 0 Å². The molecule has 0 bridgehead atoms. The quantitative estimate of drug-likeness (QED) is 0.128. The van der Waals surface area contributed by atoms with Crippen LogP contribution in [0.15, 0.2) is 0 Å². The van der Waals surface area contributed by atoms with E-state index in [1.807, 2.05) is 0 Å². The van der Waals surface area contributed by atoms with Gasteiger partial charge in [0.15, 0.2) is 0 Å². The van der Waals surface area contributed by atoms with Gasteiger partial charge in [0.05, 0.1) is 0 Å². The summed E-state index contributed by atoms with van der Waals surface area (Å²) in [4.78, 5) is 0. The molecule has 33 aliphatic carbocycles. The first-order chi connectivity index (χ1) is 64.5. The minimum atomic E-state index is 0.228. The van der Waals surface area contributed by atoms with Crippen molar-refractivity contribution < 1.29 is 0 Å². The average Bonchev–Trinajstić information content (AvgIpc) is 1.55. The van der Waals surface area contributed by atoms with E-state index in [1.165, 1.54) is 232 Å². The molecule has 68 unspecified atom stereocenters. The molecule has 33 rings (SSSR count). The smallest absolute Gasteiger partial charge is 0.0244 e. The summed E-state index contributed by atoms with van der Waals surface area (Å²) in [5, 5.41) is 0. The molecule has 0 heteroatoms. The summed E-state index contributed by atoms with van der Waals surface area (Å²) < 4.78 is 0. The van der Waals surface area contributed by atoms with Crippen LogP contribution in [0, 0.1) is 429 Å². The average molecular weight is 1800 g/mol. The van der Waals surface area contributed by atoms with E-state index in [9.17, 15) is 0 Å². The highest BCUT2D eigenvalue weighted by Gasteiger charge is 2.81. The maximum atomic E-state index is 3.05. The molecular weight excluding hydrogens is 1600 g/mol. The Morgan fingerprint density at radius 1 is 0.226 bits per heavy atom. The van der Waals surface area contributed by atoms with E-state index in [1.54, 1.807) is 276 Å². The second kappa shape index (κ2) is 28.9. The minimum Gasteiger partial charge on any atom is -0.0651 e. The molecule has 0 aromatic heterocycles. The zero-order valence-electron chi connectivity index (χ0n) is 88.3. The summed E-state index contributed by atoms with van der Waals surface area (Å²) in [6, 6.07) is 0. The zero-order chi connectivity index (χ0) is 88.3. The molecule has 0 radical (unpaired) electrons. The molecular formula is C133H202. The number of hydrogen-bond acceptors (Lipinski definition) is 0. The molecule has 0 amide bonds. The first-order valence-corrected chi connectivity index (χ1v) is 64.5. The molecule has 33 fully saturated rings. The van der Waals surface area contributed by atoms with Gasteiger partial charge < -0.3 is 0 Å². The van der Waals surface area contributed by atoms with Crippen molar-refractivity contribution >= 4 is 0 Å². The van der Waals surface area contributed by atoms with Gasteiger partial charge in [0, 0.05) is 0 Å². The topological polar surface area (TPSA) is 0 Å². The predicted molar refractivity (Wildman–Crippen MR) is 541 cm³/mol. The van der Waals surface area contributed by atoms with Crippen LogP contribution in [0.3, 0.4) is 0 Å². The van der Waals surface area contributed by atoms with Gasteiger partial charge in [-0.15, -0.1) is 0 Å². The van der Waals surface area contributed by atoms with Gasteiger partial charge in [-0.2, -0.15) is 0 Å². The molecule has 0 N–H and O–H groups in total. The molecule has 734 valence electrons. The highest BCUT2D eigenvalue weighted by atomic mass is 14.9. The van der Waals surface area contributed by atoms with E-state index in [-0.39, 0.29) is 21.7 Å². The van der Waals surface area contributed by atoms with E-state index < -0.39 is 0 Å². The first-order valence-electron chi connectivity index (χ1n) is 64.5. The molecule has 0 nitrogen and oxygen atoms in total. The van der Waals surface area contributed by atoms with Gasteiger partial charge in [0.2, 0.25) is 0 Å². The Balaban J connectivity index is 0.349. The summed E-state index contributed by atoms with van der Waals surface area (Å²) in [7, 11) is 0. The standard InChI is InChI=1S/C133H202/c1-15-71(74-36-35-72(74)62(4)52-63(5)130(8,9)132(12,13)131(10,11)129(6,7)61(2)3)98-53-68-25-32-88-85-41-45-91(114(85)121(88)110(68)98)101-56-70-27-34-89-86-42-46-92(115(86)123(89)112(70)101)100-55-69-26-33-87-84-37-44-90(113(84)122(87)111(69)100)97-20-17-51-133(14)60-105-96-50-43-83(119(96)127(105)128(97)133)79-31-24-67-59-104-95-49-40-82(118(95)126(104)109(67)79)78-30-23-66-58-103-94-48-39-81(117(94)125(103)108(66)78)77-29-22-65-57-102-93-47-38-80(116(93)124(102)107(65)77)76-28-21-64-54-99-73-18-16-19-75(73)120(99)106(64)76/h61-128H,15-60H2,1-14H3. The predicted octanol–water partition coefficient (Wildman–Crippen LogP) is 33.5.